The molecule has 7 heteroatoms. The summed E-state index contributed by atoms with van der Waals surface area (Å²) in [4.78, 5) is 13.4. The van der Waals surface area contributed by atoms with E-state index in [4.69, 9.17) is 0 Å². The van der Waals surface area contributed by atoms with Gasteiger partial charge in [0.05, 0.1) is 10.6 Å². The highest BCUT2D eigenvalue weighted by Gasteiger charge is 2.18. The van der Waals surface area contributed by atoms with Crippen molar-refractivity contribution in [3.63, 3.8) is 0 Å². The number of carbonyl (C=O) groups excluding carboxylic acids is 1. The number of halogens is 1. The normalized spacial score (nSPS) is 10.9. The fourth-order valence-corrected chi connectivity index (χ4v) is 4.13. The summed E-state index contributed by atoms with van der Waals surface area (Å²) in [6, 6.07) is 19.3. The molecule has 0 spiro atoms. The molecule has 0 amide bonds. The average Bonchev–Trinajstić information content (AvgIpc) is 3.37. The van der Waals surface area contributed by atoms with Crippen molar-refractivity contribution in [1.82, 2.24) is 14.8 Å². The minimum Gasteiger partial charge on any atom is -0.293 e. The molecule has 0 radical (unpaired) electrons. The Kier molecular flexibility index (Phi) is 5.13. The standard InChI is InChI=1S/C20H14FN3OS2/c21-15-10-8-14(9-11-15)17(25)13-27-20-23-22-19(18-7-4-12-26-18)24(20)16-5-2-1-3-6-16/h1-12H,13H2. The summed E-state index contributed by atoms with van der Waals surface area (Å²) < 4.78 is 15.0. The van der Waals surface area contributed by atoms with Gasteiger partial charge in [-0.2, -0.15) is 0 Å². The molecule has 0 bridgehead atoms. The number of hydrogen-bond donors (Lipinski definition) is 0. The second kappa shape index (κ2) is 7.85. The summed E-state index contributed by atoms with van der Waals surface area (Å²) in [5, 5.41) is 11.3. The van der Waals surface area contributed by atoms with Crippen LogP contribution in [0.25, 0.3) is 16.4 Å². The maximum atomic E-state index is 13.0. The number of thiophene rings is 1. The third kappa shape index (κ3) is 3.84. The van der Waals surface area contributed by atoms with E-state index >= 15 is 0 Å². The first kappa shape index (κ1) is 17.6. The molecule has 0 fully saturated rings. The van der Waals surface area contributed by atoms with Crippen LogP contribution < -0.4 is 0 Å². The van der Waals surface area contributed by atoms with Gasteiger partial charge in [0.1, 0.15) is 5.82 Å². The lowest BCUT2D eigenvalue weighted by atomic mass is 10.1. The number of rotatable bonds is 6. The zero-order chi connectivity index (χ0) is 18.6. The van der Waals surface area contributed by atoms with E-state index in [0.29, 0.717) is 10.7 Å². The van der Waals surface area contributed by atoms with Crippen molar-refractivity contribution in [3.05, 3.63) is 83.5 Å². The van der Waals surface area contributed by atoms with Gasteiger partial charge in [0.25, 0.3) is 0 Å². The number of ketones is 1. The Bertz CT molecular complexity index is 1040. The minimum absolute atomic E-state index is 0.0831. The molecular formula is C20H14FN3OS2. The highest BCUT2D eigenvalue weighted by atomic mass is 32.2. The van der Waals surface area contributed by atoms with Crippen LogP contribution in [0.5, 0.6) is 0 Å². The SMILES string of the molecule is O=C(CSc1nnc(-c2cccs2)n1-c1ccccc1)c1ccc(F)cc1. The molecule has 0 aliphatic heterocycles. The lowest BCUT2D eigenvalue weighted by Gasteiger charge is -2.09. The van der Waals surface area contributed by atoms with Crippen molar-refractivity contribution in [2.75, 3.05) is 5.75 Å². The van der Waals surface area contributed by atoms with E-state index in [1.165, 1.54) is 36.0 Å². The molecule has 0 aliphatic rings. The minimum atomic E-state index is -0.358. The number of nitrogens with zero attached hydrogens (tertiary/aromatic N) is 3. The molecule has 0 unspecified atom stereocenters. The Labute approximate surface area is 163 Å². The van der Waals surface area contributed by atoms with Crippen molar-refractivity contribution in [2.24, 2.45) is 0 Å². The van der Waals surface area contributed by atoms with Crippen LogP contribution in [0.4, 0.5) is 4.39 Å². The van der Waals surface area contributed by atoms with Crippen molar-refractivity contribution in [2.45, 2.75) is 5.16 Å². The monoisotopic (exact) mass is 395 g/mol. The number of carbonyl (C=O) groups is 1. The van der Waals surface area contributed by atoms with Gasteiger partial charge in [-0.05, 0) is 47.8 Å². The molecule has 0 N–H and O–H groups in total. The first-order valence-electron chi connectivity index (χ1n) is 8.18. The van der Waals surface area contributed by atoms with Crippen LogP contribution in [0.3, 0.4) is 0 Å². The van der Waals surface area contributed by atoms with E-state index in [1.54, 1.807) is 11.3 Å². The Morgan fingerprint density at radius 3 is 2.48 bits per heavy atom. The van der Waals surface area contributed by atoms with E-state index in [2.05, 4.69) is 10.2 Å². The van der Waals surface area contributed by atoms with Gasteiger partial charge in [-0.15, -0.1) is 21.5 Å². The van der Waals surface area contributed by atoms with Crippen LogP contribution >= 0.6 is 23.1 Å². The van der Waals surface area contributed by atoms with Gasteiger partial charge in [0.2, 0.25) is 0 Å². The molecule has 0 saturated heterocycles. The third-order valence-corrected chi connectivity index (χ3v) is 5.68. The molecule has 2 heterocycles. The number of aromatic nitrogens is 3. The Balaban J connectivity index is 1.63. The van der Waals surface area contributed by atoms with Gasteiger partial charge in [0, 0.05) is 11.3 Å². The number of para-hydroxylation sites is 1. The van der Waals surface area contributed by atoms with Crippen molar-refractivity contribution in [1.29, 1.82) is 0 Å². The predicted octanol–water partition coefficient (Wildman–Crippen LogP) is 5.11. The summed E-state index contributed by atoms with van der Waals surface area (Å²) >= 11 is 2.90. The Morgan fingerprint density at radius 2 is 1.78 bits per heavy atom. The van der Waals surface area contributed by atoms with E-state index in [-0.39, 0.29) is 17.4 Å². The molecule has 27 heavy (non-hydrogen) atoms. The van der Waals surface area contributed by atoms with E-state index in [0.717, 1.165) is 16.4 Å². The Morgan fingerprint density at radius 1 is 1.00 bits per heavy atom. The topological polar surface area (TPSA) is 47.8 Å². The molecule has 4 aromatic rings. The number of thioether (sulfide) groups is 1. The second-order valence-electron chi connectivity index (χ2n) is 5.67. The highest BCUT2D eigenvalue weighted by molar-refractivity contribution is 7.99. The first-order chi connectivity index (χ1) is 13.2. The molecular weight excluding hydrogens is 381 g/mol. The van der Waals surface area contributed by atoms with E-state index in [9.17, 15) is 9.18 Å². The molecule has 0 saturated carbocycles. The largest absolute Gasteiger partial charge is 0.293 e. The van der Waals surface area contributed by atoms with Gasteiger partial charge >= 0.3 is 0 Å². The van der Waals surface area contributed by atoms with Crippen LogP contribution in [0.15, 0.2) is 77.3 Å². The first-order valence-corrected chi connectivity index (χ1v) is 10.0. The predicted molar refractivity (Wildman–Crippen MR) is 106 cm³/mol. The highest BCUT2D eigenvalue weighted by Crippen LogP contribution is 2.30. The summed E-state index contributed by atoms with van der Waals surface area (Å²) in [5.41, 5.74) is 1.41. The van der Waals surface area contributed by atoms with Crippen LogP contribution in [-0.2, 0) is 0 Å². The van der Waals surface area contributed by atoms with Gasteiger partial charge in [-0.1, -0.05) is 36.0 Å². The maximum Gasteiger partial charge on any atom is 0.196 e. The molecule has 0 atom stereocenters. The smallest absolute Gasteiger partial charge is 0.196 e. The lowest BCUT2D eigenvalue weighted by molar-refractivity contribution is 0.102. The fourth-order valence-electron chi connectivity index (χ4n) is 2.59. The Hall–Kier alpha value is -2.77. The third-order valence-electron chi connectivity index (χ3n) is 3.89. The maximum absolute atomic E-state index is 13.0. The van der Waals surface area contributed by atoms with Crippen molar-refractivity contribution < 1.29 is 9.18 Å². The average molecular weight is 395 g/mol. The van der Waals surface area contributed by atoms with Crippen LogP contribution in [0, 0.1) is 5.82 Å². The molecule has 4 rings (SSSR count). The summed E-state index contributed by atoms with van der Waals surface area (Å²) in [6.45, 7) is 0. The lowest BCUT2D eigenvalue weighted by Crippen LogP contribution is -2.05. The molecule has 4 nitrogen and oxygen atoms in total. The quantitative estimate of drug-likeness (QED) is 0.336. The number of Topliss-reactive ketones (excluding diaryl/α,β-unsaturated/α-hetero) is 1. The van der Waals surface area contributed by atoms with Gasteiger partial charge < -0.3 is 0 Å². The van der Waals surface area contributed by atoms with Crippen molar-refractivity contribution in [3.8, 4) is 16.4 Å². The molecule has 2 aromatic heterocycles. The van der Waals surface area contributed by atoms with Crippen LogP contribution in [0.2, 0.25) is 0 Å². The number of hydrogen-bond acceptors (Lipinski definition) is 5. The van der Waals surface area contributed by atoms with E-state index < -0.39 is 0 Å². The van der Waals surface area contributed by atoms with E-state index in [1.807, 2.05) is 52.4 Å². The molecule has 134 valence electrons. The van der Waals surface area contributed by atoms with Crippen molar-refractivity contribution >= 4 is 28.9 Å². The summed E-state index contributed by atoms with van der Waals surface area (Å²) in [7, 11) is 0. The summed E-state index contributed by atoms with van der Waals surface area (Å²) in [5.74, 6) is 0.498. The molecule has 2 aromatic carbocycles. The fraction of sp³-hybridized carbons (Fsp3) is 0.0500. The van der Waals surface area contributed by atoms with Gasteiger partial charge in [-0.25, -0.2) is 4.39 Å². The molecule has 0 aliphatic carbocycles. The zero-order valence-corrected chi connectivity index (χ0v) is 15.7. The number of benzene rings is 2. The van der Waals surface area contributed by atoms with Gasteiger partial charge in [0.15, 0.2) is 16.8 Å². The van der Waals surface area contributed by atoms with Crippen LogP contribution in [0.1, 0.15) is 10.4 Å². The van der Waals surface area contributed by atoms with Crippen LogP contribution in [-0.4, -0.2) is 26.3 Å². The summed E-state index contributed by atoms with van der Waals surface area (Å²) in [6.07, 6.45) is 0. The second-order valence-corrected chi connectivity index (χ2v) is 7.56. The van der Waals surface area contributed by atoms with Gasteiger partial charge in [-0.3, -0.25) is 9.36 Å². The zero-order valence-electron chi connectivity index (χ0n) is 14.1.